The summed E-state index contributed by atoms with van der Waals surface area (Å²) in [6.07, 6.45) is 1.49. The molecule has 1 amide bonds. The van der Waals surface area contributed by atoms with Crippen molar-refractivity contribution in [3.05, 3.63) is 29.8 Å². The first-order chi connectivity index (χ1) is 9.67. The highest BCUT2D eigenvalue weighted by molar-refractivity contribution is 5.78. The van der Waals surface area contributed by atoms with Gasteiger partial charge in [-0.25, -0.2) is 0 Å². The van der Waals surface area contributed by atoms with Gasteiger partial charge in [0.05, 0.1) is 19.8 Å². The van der Waals surface area contributed by atoms with Crippen molar-refractivity contribution in [1.29, 1.82) is 0 Å². The molecule has 1 aromatic carbocycles. The third kappa shape index (κ3) is 4.51. The van der Waals surface area contributed by atoms with Gasteiger partial charge in [0.15, 0.2) is 0 Å². The highest BCUT2D eigenvalue weighted by atomic mass is 16.5. The van der Waals surface area contributed by atoms with Crippen molar-refractivity contribution in [3.63, 3.8) is 0 Å². The maximum atomic E-state index is 11.9. The number of nitrogens with zero attached hydrogens (tertiary/aromatic N) is 1. The van der Waals surface area contributed by atoms with E-state index in [9.17, 15) is 9.90 Å². The largest absolute Gasteiger partial charge is 0.497 e. The first-order valence-electron chi connectivity index (χ1n) is 6.97. The lowest BCUT2D eigenvalue weighted by Crippen LogP contribution is -2.44. The van der Waals surface area contributed by atoms with Crippen LogP contribution in [0.2, 0.25) is 0 Å². The van der Waals surface area contributed by atoms with Crippen molar-refractivity contribution >= 4 is 5.91 Å². The van der Waals surface area contributed by atoms with E-state index in [0.717, 1.165) is 30.7 Å². The SMILES string of the molecule is COc1cccc(CNC(=O)CN2CCCC(O)C2)c1. The van der Waals surface area contributed by atoms with E-state index in [1.54, 1.807) is 7.11 Å². The van der Waals surface area contributed by atoms with Crippen LogP contribution in [-0.2, 0) is 11.3 Å². The zero-order valence-electron chi connectivity index (χ0n) is 11.8. The molecule has 1 fully saturated rings. The molecule has 110 valence electrons. The Hall–Kier alpha value is -1.59. The third-order valence-electron chi connectivity index (χ3n) is 3.47. The Morgan fingerprint density at radius 3 is 3.15 bits per heavy atom. The maximum absolute atomic E-state index is 11.9. The maximum Gasteiger partial charge on any atom is 0.234 e. The van der Waals surface area contributed by atoms with Gasteiger partial charge in [0.2, 0.25) is 5.91 Å². The van der Waals surface area contributed by atoms with Gasteiger partial charge in [-0.3, -0.25) is 9.69 Å². The van der Waals surface area contributed by atoms with Gasteiger partial charge >= 0.3 is 0 Å². The molecule has 0 bridgehead atoms. The van der Waals surface area contributed by atoms with Crippen LogP contribution >= 0.6 is 0 Å². The highest BCUT2D eigenvalue weighted by Gasteiger charge is 2.19. The van der Waals surface area contributed by atoms with Gasteiger partial charge in [-0.05, 0) is 37.1 Å². The molecule has 0 aromatic heterocycles. The summed E-state index contributed by atoms with van der Waals surface area (Å²) < 4.78 is 5.15. The summed E-state index contributed by atoms with van der Waals surface area (Å²) in [5.74, 6) is 0.776. The predicted molar refractivity (Wildman–Crippen MR) is 76.5 cm³/mol. The Balaban J connectivity index is 1.76. The molecule has 2 N–H and O–H groups in total. The molecule has 1 aromatic rings. The average Bonchev–Trinajstić information content (AvgIpc) is 2.45. The lowest BCUT2D eigenvalue weighted by Gasteiger charge is -2.29. The molecular formula is C15H22N2O3. The van der Waals surface area contributed by atoms with Gasteiger partial charge in [-0.2, -0.15) is 0 Å². The summed E-state index contributed by atoms with van der Waals surface area (Å²) in [5, 5.41) is 12.5. The summed E-state index contributed by atoms with van der Waals surface area (Å²) in [6.45, 7) is 2.31. The van der Waals surface area contributed by atoms with Crippen LogP contribution in [0.15, 0.2) is 24.3 Å². The van der Waals surface area contributed by atoms with Crippen molar-refractivity contribution in [2.75, 3.05) is 26.7 Å². The molecule has 1 unspecified atom stereocenters. The number of carbonyl (C=O) groups excluding carboxylic acids is 1. The number of nitrogens with one attached hydrogen (secondary N) is 1. The topological polar surface area (TPSA) is 61.8 Å². The molecule has 5 heteroatoms. The minimum absolute atomic E-state index is 0.0121. The first kappa shape index (κ1) is 14.8. The quantitative estimate of drug-likeness (QED) is 0.835. The van der Waals surface area contributed by atoms with Crippen molar-refractivity contribution < 1.29 is 14.6 Å². The second-order valence-electron chi connectivity index (χ2n) is 5.16. The number of likely N-dealkylation sites (tertiary alicyclic amines) is 1. The minimum Gasteiger partial charge on any atom is -0.497 e. The van der Waals surface area contributed by atoms with E-state index in [2.05, 4.69) is 5.32 Å². The van der Waals surface area contributed by atoms with Crippen LogP contribution in [-0.4, -0.2) is 48.8 Å². The number of aliphatic hydroxyl groups excluding tert-OH is 1. The van der Waals surface area contributed by atoms with Crippen LogP contribution in [0.4, 0.5) is 0 Å². The lowest BCUT2D eigenvalue weighted by atomic mass is 10.1. The Kier molecular flexibility index (Phi) is 5.38. The molecule has 0 radical (unpaired) electrons. The van der Waals surface area contributed by atoms with Gasteiger partial charge < -0.3 is 15.2 Å². The average molecular weight is 278 g/mol. The number of methoxy groups -OCH3 is 1. The molecule has 5 nitrogen and oxygen atoms in total. The molecule has 2 rings (SSSR count). The Labute approximate surface area is 119 Å². The van der Waals surface area contributed by atoms with Crippen LogP contribution in [0.5, 0.6) is 5.75 Å². The fourth-order valence-corrected chi connectivity index (χ4v) is 2.42. The van der Waals surface area contributed by atoms with Gasteiger partial charge in [0.1, 0.15) is 5.75 Å². The van der Waals surface area contributed by atoms with Gasteiger partial charge in [-0.1, -0.05) is 12.1 Å². The van der Waals surface area contributed by atoms with E-state index in [4.69, 9.17) is 4.74 Å². The van der Waals surface area contributed by atoms with Crippen LogP contribution in [0.1, 0.15) is 18.4 Å². The molecule has 1 atom stereocenters. The number of ether oxygens (including phenoxy) is 1. The molecule has 1 aliphatic rings. The second-order valence-corrected chi connectivity index (χ2v) is 5.16. The third-order valence-corrected chi connectivity index (χ3v) is 3.47. The van der Waals surface area contributed by atoms with E-state index in [-0.39, 0.29) is 12.0 Å². The summed E-state index contributed by atoms with van der Waals surface area (Å²) in [5.41, 5.74) is 1.01. The summed E-state index contributed by atoms with van der Waals surface area (Å²) in [6, 6.07) is 7.64. The Bertz CT molecular complexity index is 450. The van der Waals surface area contributed by atoms with Crippen LogP contribution in [0.3, 0.4) is 0 Å². The fourth-order valence-electron chi connectivity index (χ4n) is 2.42. The Morgan fingerprint density at radius 1 is 1.55 bits per heavy atom. The van der Waals surface area contributed by atoms with Crippen molar-refractivity contribution in [1.82, 2.24) is 10.2 Å². The van der Waals surface area contributed by atoms with Crippen LogP contribution < -0.4 is 10.1 Å². The number of rotatable bonds is 5. The number of hydrogen-bond acceptors (Lipinski definition) is 4. The number of piperidine rings is 1. The standard InChI is InChI=1S/C15H22N2O3/c1-20-14-6-2-4-12(8-14)9-16-15(19)11-17-7-3-5-13(18)10-17/h2,4,6,8,13,18H,3,5,7,9-11H2,1H3,(H,16,19). The van der Waals surface area contributed by atoms with Crippen molar-refractivity contribution in [2.24, 2.45) is 0 Å². The number of amides is 1. The Morgan fingerprint density at radius 2 is 2.40 bits per heavy atom. The van der Waals surface area contributed by atoms with Gasteiger partial charge in [-0.15, -0.1) is 0 Å². The number of benzene rings is 1. The minimum atomic E-state index is -0.296. The van der Waals surface area contributed by atoms with E-state index in [1.807, 2.05) is 29.2 Å². The summed E-state index contributed by atoms with van der Waals surface area (Å²) >= 11 is 0. The normalized spacial score (nSPS) is 19.6. The van der Waals surface area contributed by atoms with Crippen LogP contribution in [0, 0.1) is 0 Å². The molecule has 1 saturated heterocycles. The van der Waals surface area contributed by atoms with Crippen molar-refractivity contribution in [2.45, 2.75) is 25.5 Å². The van der Waals surface area contributed by atoms with Gasteiger partial charge in [0.25, 0.3) is 0 Å². The highest BCUT2D eigenvalue weighted by Crippen LogP contribution is 2.12. The number of hydrogen-bond donors (Lipinski definition) is 2. The number of carbonyl (C=O) groups is 1. The molecule has 20 heavy (non-hydrogen) atoms. The summed E-state index contributed by atoms with van der Waals surface area (Å²) in [4.78, 5) is 13.9. The zero-order valence-corrected chi connectivity index (χ0v) is 11.8. The summed E-state index contributed by atoms with van der Waals surface area (Å²) in [7, 11) is 1.62. The molecule has 0 saturated carbocycles. The van der Waals surface area contributed by atoms with Crippen molar-refractivity contribution in [3.8, 4) is 5.75 Å². The second kappa shape index (κ2) is 7.26. The number of β-amino-alcohol motifs (C(OH)–C–C–N with tert-alkyl or cyclic N) is 1. The smallest absolute Gasteiger partial charge is 0.234 e. The van der Waals surface area contributed by atoms with Gasteiger partial charge in [0, 0.05) is 13.1 Å². The van der Waals surface area contributed by atoms with Crippen LogP contribution in [0.25, 0.3) is 0 Å². The molecule has 1 aliphatic heterocycles. The molecular weight excluding hydrogens is 256 g/mol. The van der Waals surface area contributed by atoms with E-state index in [1.165, 1.54) is 0 Å². The first-order valence-corrected chi connectivity index (χ1v) is 6.97. The van der Waals surface area contributed by atoms with E-state index < -0.39 is 0 Å². The molecule has 0 spiro atoms. The molecule has 0 aliphatic carbocycles. The lowest BCUT2D eigenvalue weighted by molar-refractivity contribution is -0.123. The monoisotopic (exact) mass is 278 g/mol. The number of aliphatic hydroxyl groups is 1. The van der Waals surface area contributed by atoms with E-state index >= 15 is 0 Å². The van der Waals surface area contributed by atoms with E-state index in [0.29, 0.717) is 19.6 Å². The fraction of sp³-hybridized carbons (Fsp3) is 0.533. The predicted octanol–water partition coefficient (Wildman–Crippen LogP) is 0.768. The molecule has 1 heterocycles. The zero-order chi connectivity index (χ0) is 14.4.